The summed E-state index contributed by atoms with van der Waals surface area (Å²) < 4.78 is 45.9. The Morgan fingerprint density at radius 3 is 2.43 bits per heavy atom. The van der Waals surface area contributed by atoms with Gasteiger partial charge in [0.25, 0.3) is 0 Å². The molecule has 0 amide bonds. The fourth-order valence-electron chi connectivity index (χ4n) is 3.71. The van der Waals surface area contributed by atoms with Gasteiger partial charge >= 0.3 is 0 Å². The number of hydrogen-bond acceptors (Lipinski definition) is 3. The summed E-state index contributed by atoms with van der Waals surface area (Å²) in [6.07, 6.45) is 6.02. The van der Waals surface area contributed by atoms with Crippen molar-refractivity contribution >= 4 is 0 Å². The lowest BCUT2D eigenvalue weighted by molar-refractivity contribution is -0.182. The Hall–Kier alpha value is -1.98. The molecular weight excluding hydrogens is 386 g/mol. The van der Waals surface area contributed by atoms with Crippen molar-refractivity contribution in [1.82, 2.24) is 0 Å². The van der Waals surface area contributed by atoms with E-state index in [1.54, 1.807) is 18.2 Å². The maximum absolute atomic E-state index is 14.5. The number of unbranched alkanes of at least 4 members (excludes halogenated alkanes) is 1. The number of benzene rings is 2. The van der Waals surface area contributed by atoms with Gasteiger partial charge in [-0.1, -0.05) is 51.0 Å². The van der Waals surface area contributed by atoms with E-state index in [1.807, 2.05) is 19.1 Å². The lowest BCUT2D eigenvalue weighted by Crippen LogP contribution is -2.27. The molecule has 2 atom stereocenters. The topological polar surface area (TPSA) is 27.7 Å². The number of rotatable bonds is 10. The minimum atomic E-state index is -0.938. The van der Waals surface area contributed by atoms with Gasteiger partial charge < -0.3 is 14.2 Å². The second-order valence-corrected chi connectivity index (χ2v) is 7.94. The summed E-state index contributed by atoms with van der Waals surface area (Å²) in [4.78, 5) is 0. The molecule has 3 rings (SSSR count). The first-order valence-electron chi connectivity index (χ1n) is 11.1. The molecule has 0 spiro atoms. The molecule has 3 nitrogen and oxygen atoms in total. The normalized spacial score (nSPS) is 19.1. The van der Waals surface area contributed by atoms with Crippen LogP contribution in [0.3, 0.4) is 0 Å². The van der Waals surface area contributed by atoms with E-state index in [0.29, 0.717) is 24.7 Å². The van der Waals surface area contributed by atoms with Crippen LogP contribution in [-0.2, 0) is 16.1 Å². The molecule has 0 N–H and O–H groups in total. The molecule has 164 valence electrons. The quantitative estimate of drug-likeness (QED) is 0.394. The predicted octanol–water partition coefficient (Wildman–Crippen LogP) is 6.88. The molecule has 30 heavy (non-hydrogen) atoms. The minimum absolute atomic E-state index is 0.0385. The van der Waals surface area contributed by atoms with Gasteiger partial charge in [-0.05, 0) is 54.9 Å². The highest BCUT2D eigenvalue weighted by atomic mass is 19.2. The lowest BCUT2D eigenvalue weighted by Gasteiger charge is -2.28. The first-order chi connectivity index (χ1) is 14.6. The summed E-state index contributed by atoms with van der Waals surface area (Å²) in [6.45, 7) is 5.79. The van der Waals surface area contributed by atoms with Gasteiger partial charge in [0.1, 0.15) is 0 Å². The maximum atomic E-state index is 14.5. The summed E-state index contributed by atoms with van der Waals surface area (Å²) in [5, 5.41) is 0. The monoisotopic (exact) mass is 418 g/mol. The SMILES string of the molecule is CCCCOc1ccc(-c2ccc(COC3CCC(CCC)CO3)cc2)c(F)c1F. The summed E-state index contributed by atoms with van der Waals surface area (Å²) in [5.41, 5.74) is 1.81. The average Bonchev–Trinajstić information content (AvgIpc) is 2.77. The Labute approximate surface area is 178 Å². The van der Waals surface area contributed by atoms with E-state index < -0.39 is 11.6 Å². The summed E-state index contributed by atoms with van der Waals surface area (Å²) >= 11 is 0. The number of hydrogen-bond donors (Lipinski definition) is 0. The van der Waals surface area contributed by atoms with Crippen LogP contribution in [0.2, 0.25) is 0 Å². The van der Waals surface area contributed by atoms with Gasteiger partial charge in [0, 0.05) is 5.56 Å². The highest BCUT2D eigenvalue weighted by Crippen LogP contribution is 2.30. The van der Waals surface area contributed by atoms with E-state index >= 15 is 0 Å². The molecular formula is C25H32F2O3. The summed E-state index contributed by atoms with van der Waals surface area (Å²) in [5.74, 6) is -1.21. The molecule has 1 aliphatic rings. The van der Waals surface area contributed by atoms with Crippen LogP contribution in [0.25, 0.3) is 11.1 Å². The Kier molecular flexibility index (Phi) is 8.64. The zero-order valence-corrected chi connectivity index (χ0v) is 18.0. The summed E-state index contributed by atoms with van der Waals surface area (Å²) in [7, 11) is 0. The van der Waals surface area contributed by atoms with Crippen molar-refractivity contribution in [3.8, 4) is 16.9 Å². The number of halogens is 2. The Balaban J connectivity index is 1.56. The van der Waals surface area contributed by atoms with Gasteiger partial charge in [-0.25, -0.2) is 4.39 Å². The molecule has 0 radical (unpaired) electrons. The van der Waals surface area contributed by atoms with Crippen LogP contribution < -0.4 is 4.74 Å². The van der Waals surface area contributed by atoms with Crippen LogP contribution >= 0.6 is 0 Å². The smallest absolute Gasteiger partial charge is 0.201 e. The first-order valence-corrected chi connectivity index (χ1v) is 11.1. The van der Waals surface area contributed by atoms with Gasteiger partial charge in [0.2, 0.25) is 5.82 Å². The molecule has 2 unspecified atom stereocenters. The molecule has 0 bridgehead atoms. The lowest BCUT2D eigenvalue weighted by atomic mass is 9.97. The summed E-state index contributed by atoms with van der Waals surface area (Å²) in [6, 6.07) is 10.4. The Bertz CT molecular complexity index is 784. The third-order valence-electron chi connectivity index (χ3n) is 5.53. The van der Waals surface area contributed by atoms with Crippen molar-refractivity contribution in [2.45, 2.75) is 65.3 Å². The van der Waals surface area contributed by atoms with Gasteiger partial charge in [-0.15, -0.1) is 0 Å². The van der Waals surface area contributed by atoms with E-state index in [-0.39, 0.29) is 17.6 Å². The fourth-order valence-corrected chi connectivity index (χ4v) is 3.71. The molecule has 1 saturated heterocycles. The molecule has 2 aromatic rings. The predicted molar refractivity (Wildman–Crippen MR) is 114 cm³/mol. The molecule has 5 heteroatoms. The van der Waals surface area contributed by atoms with Gasteiger partial charge in [-0.2, -0.15) is 4.39 Å². The zero-order valence-electron chi connectivity index (χ0n) is 18.0. The Morgan fingerprint density at radius 2 is 1.77 bits per heavy atom. The third-order valence-corrected chi connectivity index (χ3v) is 5.53. The van der Waals surface area contributed by atoms with Gasteiger partial charge in [-0.3, -0.25) is 0 Å². The van der Waals surface area contributed by atoms with Crippen molar-refractivity contribution in [1.29, 1.82) is 0 Å². The van der Waals surface area contributed by atoms with Crippen molar-refractivity contribution < 1.29 is 23.0 Å². The largest absolute Gasteiger partial charge is 0.490 e. The molecule has 1 heterocycles. The molecule has 1 fully saturated rings. The van der Waals surface area contributed by atoms with E-state index in [1.165, 1.54) is 18.9 Å². The highest BCUT2D eigenvalue weighted by Gasteiger charge is 2.21. The van der Waals surface area contributed by atoms with Gasteiger partial charge in [0.15, 0.2) is 17.9 Å². The average molecular weight is 419 g/mol. The van der Waals surface area contributed by atoms with Crippen molar-refractivity contribution in [3.05, 3.63) is 53.6 Å². The van der Waals surface area contributed by atoms with Crippen LogP contribution in [-0.4, -0.2) is 19.5 Å². The van der Waals surface area contributed by atoms with Crippen molar-refractivity contribution in [2.24, 2.45) is 5.92 Å². The molecule has 2 aromatic carbocycles. The highest BCUT2D eigenvalue weighted by molar-refractivity contribution is 5.65. The van der Waals surface area contributed by atoms with Crippen LogP contribution in [0.5, 0.6) is 5.75 Å². The molecule has 0 aromatic heterocycles. The maximum Gasteiger partial charge on any atom is 0.201 e. The van der Waals surface area contributed by atoms with Crippen LogP contribution in [0.4, 0.5) is 8.78 Å². The first kappa shape index (κ1) is 22.7. The molecule has 1 aliphatic heterocycles. The van der Waals surface area contributed by atoms with E-state index in [2.05, 4.69) is 6.92 Å². The van der Waals surface area contributed by atoms with Gasteiger partial charge in [0.05, 0.1) is 19.8 Å². The van der Waals surface area contributed by atoms with Crippen molar-refractivity contribution in [2.75, 3.05) is 13.2 Å². The van der Waals surface area contributed by atoms with E-state index in [0.717, 1.165) is 37.9 Å². The van der Waals surface area contributed by atoms with E-state index in [4.69, 9.17) is 14.2 Å². The standard InChI is InChI=1S/C25H32F2O3/c1-3-5-15-28-22-13-12-21(24(26)25(22)27)20-10-7-19(8-11-20)17-30-23-14-9-18(6-4-2)16-29-23/h7-8,10-13,18,23H,3-6,9,14-17H2,1-2H3. The van der Waals surface area contributed by atoms with E-state index in [9.17, 15) is 8.78 Å². The Morgan fingerprint density at radius 1 is 0.967 bits per heavy atom. The zero-order chi connectivity index (χ0) is 21.3. The second-order valence-electron chi connectivity index (χ2n) is 7.94. The number of ether oxygens (including phenoxy) is 3. The second kappa shape index (κ2) is 11.4. The minimum Gasteiger partial charge on any atom is -0.490 e. The molecule has 0 saturated carbocycles. The van der Waals surface area contributed by atoms with Crippen LogP contribution in [0.15, 0.2) is 36.4 Å². The molecule has 0 aliphatic carbocycles. The van der Waals surface area contributed by atoms with Crippen LogP contribution in [0.1, 0.15) is 57.9 Å². The fraction of sp³-hybridized carbons (Fsp3) is 0.520. The van der Waals surface area contributed by atoms with Crippen molar-refractivity contribution in [3.63, 3.8) is 0 Å². The third kappa shape index (κ3) is 6.02. The van der Waals surface area contributed by atoms with Crippen LogP contribution in [0, 0.1) is 17.6 Å².